The van der Waals surface area contributed by atoms with Crippen LogP contribution in [0, 0.1) is 0 Å². The molecule has 0 aliphatic carbocycles. The van der Waals surface area contributed by atoms with Crippen molar-refractivity contribution in [3.8, 4) is 11.5 Å². The molecule has 0 spiro atoms. The molecule has 4 aromatic rings. The van der Waals surface area contributed by atoms with Gasteiger partial charge in [0.15, 0.2) is 0 Å². The Balaban J connectivity index is 1.29. The zero-order valence-corrected chi connectivity index (χ0v) is 18.2. The number of rotatable bonds is 4. The number of amides is 4. The first-order valence-corrected chi connectivity index (χ1v) is 10.9. The lowest BCUT2D eigenvalue weighted by atomic mass is 10.1. The van der Waals surface area contributed by atoms with E-state index in [2.05, 4.69) is 0 Å². The third-order valence-corrected chi connectivity index (χ3v) is 5.98. The van der Waals surface area contributed by atoms with Crippen LogP contribution in [0.4, 0.5) is 11.4 Å². The summed E-state index contributed by atoms with van der Waals surface area (Å²) >= 11 is 0. The second-order valence-electron chi connectivity index (χ2n) is 8.08. The summed E-state index contributed by atoms with van der Waals surface area (Å²) in [6.07, 6.45) is 0. The Bertz CT molecular complexity index is 1430. The predicted molar refractivity (Wildman–Crippen MR) is 128 cm³/mol. The van der Waals surface area contributed by atoms with Gasteiger partial charge in [0.1, 0.15) is 11.5 Å². The van der Waals surface area contributed by atoms with Crippen molar-refractivity contribution in [1.82, 2.24) is 0 Å². The summed E-state index contributed by atoms with van der Waals surface area (Å²) in [5, 5.41) is 0. The highest BCUT2D eigenvalue weighted by molar-refractivity contribution is 6.35. The zero-order chi connectivity index (χ0) is 24.1. The van der Waals surface area contributed by atoms with Crippen LogP contribution >= 0.6 is 0 Å². The van der Waals surface area contributed by atoms with Crippen molar-refractivity contribution in [2.45, 2.75) is 0 Å². The maximum absolute atomic E-state index is 13.0. The lowest BCUT2D eigenvalue weighted by molar-refractivity contribution is 0.0910. The quantitative estimate of drug-likeness (QED) is 0.397. The molecular weight excluding hydrogens is 444 g/mol. The van der Waals surface area contributed by atoms with Crippen LogP contribution < -0.4 is 14.5 Å². The third kappa shape index (κ3) is 3.21. The minimum Gasteiger partial charge on any atom is -0.457 e. The van der Waals surface area contributed by atoms with Gasteiger partial charge < -0.3 is 4.74 Å². The third-order valence-electron chi connectivity index (χ3n) is 5.98. The molecule has 168 valence electrons. The zero-order valence-electron chi connectivity index (χ0n) is 18.2. The van der Waals surface area contributed by atoms with Crippen molar-refractivity contribution in [2.24, 2.45) is 0 Å². The Hall–Kier alpha value is -5.04. The summed E-state index contributed by atoms with van der Waals surface area (Å²) in [6.45, 7) is 0. The van der Waals surface area contributed by atoms with Gasteiger partial charge in [0.05, 0.1) is 33.6 Å². The molecule has 2 aliphatic rings. The number of anilines is 2. The van der Waals surface area contributed by atoms with E-state index in [0.29, 0.717) is 34.0 Å². The second-order valence-corrected chi connectivity index (χ2v) is 8.08. The average molecular weight is 460 g/mol. The molecule has 35 heavy (non-hydrogen) atoms. The number of carbonyl (C=O) groups is 4. The highest BCUT2D eigenvalue weighted by Crippen LogP contribution is 2.35. The van der Waals surface area contributed by atoms with Crippen LogP contribution in [-0.2, 0) is 0 Å². The van der Waals surface area contributed by atoms with Crippen LogP contribution in [0.25, 0.3) is 0 Å². The Labute approximate surface area is 199 Å². The molecule has 0 aromatic heterocycles. The van der Waals surface area contributed by atoms with Crippen molar-refractivity contribution >= 4 is 35.0 Å². The Morgan fingerprint density at radius 1 is 0.429 bits per heavy atom. The molecule has 2 heterocycles. The molecule has 7 heteroatoms. The topological polar surface area (TPSA) is 84.0 Å². The SMILES string of the molecule is O=C1c2ccc(Oc3ccc4c(c3)C(=O)N(c3ccccc3)C4=O)cc2C(=O)N1c1ccccc1. The molecule has 4 amide bonds. The van der Waals surface area contributed by atoms with E-state index in [1.165, 1.54) is 12.1 Å². The van der Waals surface area contributed by atoms with Crippen LogP contribution in [0.2, 0.25) is 0 Å². The lowest BCUT2D eigenvalue weighted by Crippen LogP contribution is -2.29. The lowest BCUT2D eigenvalue weighted by Gasteiger charge is -2.13. The first-order valence-electron chi connectivity index (χ1n) is 10.9. The molecule has 0 unspecified atom stereocenters. The number of hydrogen-bond donors (Lipinski definition) is 0. The first-order chi connectivity index (χ1) is 17.0. The maximum Gasteiger partial charge on any atom is 0.266 e. The number of benzene rings is 4. The van der Waals surface area contributed by atoms with E-state index in [9.17, 15) is 19.2 Å². The molecular formula is C28H16N2O5. The number of ether oxygens (including phenoxy) is 1. The van der Waals surface area contributed by atoms with E-state index >= 15 is 0 Å². The van der Waals surface area contributed by atoms with Crippen LogP contribution in [-0.4, -0.2) is 23.6 Å². The summed E-state index contributed by atoms with van der Waals surface area (Å²) in [7, 11) is 0. The van der Waals surface area contributed by atoms with Crippen molar-refractivity contribution in [1.29, 1.82) is 0 Å². The molecule has 0 atom stereocenters. The Kier molecular flexibility index (Phi) is 4.57. The van der Waals surface area contributed by atoms with Gasteiger partial charge in [-0.2, -0.15) is 0 Å². The van der Waals surface area contributed by atoms with Crippen molar-refractivity contribution in [2.75, 3.05) is 9.80 Å². The standard InChI is InChI=1S/C28H16N2O5/c31-25-21-13-11-19(15-23(21)27(33)29(25)17-7-3-1-4-8-17)35-20-12-14-22-24(16-20)28(34)30(26(22)32)18-9-5-2-6-10-18/h1-16H. The first kappa shape index (κ1) is 20.6. The minimum absolute atomic E-state index is 0.235. The fourth-order valence-electron chi connectivity index (χ4n) is 4.33. The summed E-state index contributed by atoms with van der Waals surface area (Å²) in [4.78, 5) is 53.8. The number of para-hydroxylation sites is 2. The average Bonchev–Trinajstić information content (AvgIpc) is 3.28. The molecule has 0 radical (unpaired) electrons. The number of nitrogens with zero attached hydrogens (tertiary/aromatic N) is 2. The predicted octanol–water partition coefficient (Wildman–Crippen LogP) is 5.08. The van der Waals surface area contributed by atoms with E-state index in [4.69, 9.17) is 4.74 Å². The van der Waals surface area contributed by atoms with Gasteiger partial charge in [0.2, 0.25) is 0 Å². The number of hydrogen-bond acceptors (Lipinski definition) is 5. The van der Waals surface area contributed by atoms with Crippen LogP contribution in [0.15, 0.2) is 97.1 Å². The maximum atomic E-state index is 13.0. The summed E-state index contributed by atoms with van der Waals surface area (Å²) in [5.41, 5.74) is 2.04. The summed E-state index contributed by atoms with van der Waals surface area (Å²) in [6, 6.07) is 26.7. The smallest absolute Gasteiger partial charge is 0.266 e. The fraction of sp³-hybridized carbons (Fsp3) is 0. The summed E-state index contributed by atoms with van der Waals surface area (Å²) < 4.78 is 5.91. The molecule has 0 bridgehead atoms. The minimum atomic E-state index is -0.435. The monoisotopic (exact) mass is 460 g/mol. The molecule has 0 saturated heterocycles. The summed E-state index contributed by atoms with van der Waals surface area (Å²) in [5.74, 6) is -1.01. The van der Waals surface area contributed by atoms with E-state index in [0.717, 1.165) is 9.80 Å². The highest BCUT2D eigenvalue weighted by Gasteiger charge is 2.38. The van der Waals surface area contributed by atoms with Gasteiger partial charge in [0.25, 0.3) is 23.6 Å². The van der Waals surface area contributed by atoms with Gasteiger partial charge >= 0.3 is 0 Å². The largest absolute Gasteiger partial charge is 0.457 e. The Morgan fingerprint density at radius 3 is 1.20 bits per heavy atom. The molecule has 6 rings (SSSR count). The number of carbonyl (C=O) groups excluding carboxylic acids is 4. The molecule has 0 N–H and O–H groups in total. The van der Waals surface area contributed by atoms with Crippen molar-refractivity contribution < 1.29 is 23.9 Å². The number of fused-ring (bicyclic) bond motifs is 2. The highest BCUT2D eigenvalue weighted by atomic mass is 16.5. The van der Waals surface area contributed by atoms with E-state index in [1.807, 2.05) is 12.1 Å². The van der Waals surface area contributed by atoms with Crippen LogP contribution in [0.5, 0.6) is 11.5 Å². The van der Waals surface area contributed by atoms with Crippen LogP contribution in [0.3, 0.4) is 0 Å². The molecule has 0 fully saturated rings. The molecule has 2 aliphatic heterocycles. The molecule has 0 saturated carbocycles. The second kappa shape index (κ2) is 7.78. The van der Waals surface area contributed by atoms with Gasteiger partial charge in [-0.25, -0.2) is 9.80 Å². The van der Waals surface area contributed by atoms with Crippen molar-refractivity contribution in [3.05, 3.63) is 119 Å². The molecule has 4 aromatic carbocycles. The number of imide groups is 2. The fourth-order valence-corrected chi connectivity index (χ4v) is 4.33. The molecule has 7 nitrogen and oxygen atoms in total. The van der Waals surface area contributed by atoms with E-state index in [1.54, 1.807) is 72.8 Å². The Morgan fingerprint density at radius 2 is 0.800 bits per heavy atom. The van der Waals surface area contributed by atoms with Gasteiger partial charge in [-0.05, 0) is 60.7 Å². The van der Waals surface area contributed by atoms with Gasteiger partial charge in [-0.15, -0.1) is 0 Å². The van der Waals surface area contributed by atoms with Crippen LogP contribution in [0.1, 0.15) is 41.4 Å². The van der Waals surface area contributed by atoms with E-state index in [-0.39, 0.29) is 11.1 Å². The van der Waals surface area contributed by atoms with Gasteiger partial charge in [-0.3, -0.25) is 19.2 Å². The normalized spacial score (nSPS) is 14.4. The van der Waals surface area contributed by atoms with Crippen molar-refractivity contribution in [3.63, 3.8) is 0 Å². The van der Waals surface area contributed by atoms with Gasteiger partial charge in [-0.1, -0.05) is 36.4 Å². The van der Waals surface area contributed by atoms with Gasteiger partial charge in [0, 0.05) is 0 Å². The van der Waals surface area contributed by atoms with E-state index < -0.39 is 23.6 Å².